The molecule has 5 rings (SSSR count). The maximum Gasteiger partial charge on any atom is 0.255 e. The van der Waals surface area contributed by atoms with E-state index in [1.807, 2.05) is 0 Å². The summed E-state index contributed by atoms with van der Waals surface area (Å²) in [5, 5.41) is 45.5. The van der Waals surface area contributed by atoms with E-state index in [0.717, 1.165) is 31.5 Å². The minimum Gasteiger partial charge on any atom is -0.508 e. The first-order valence-electron chi connectivity index (χ1n) is 14.1. The monoisotopic (exact) mass is 569 g/mol. The summed E-state index contributed by atoms with van der Waals surface area (Å²) in [7, 11) is 4.69. The van der Waals surface area contributed by atoms with Crippen molar-refractivity contribution in [2.75, 3.05) is 34.3 Å². The van der Waals surface area contributed by atoms with E-state index in [2.05, 4.69) is 18.7 Å². The van der Waals surface area contributed by atoms with Crippen LogP contribution in [0.1, 0.15) is 55.8 Å². The van der Waals surface area contributed by atoms with Crippen LogP contribution in [0.4, 0.5) is 0 Å². The number of ketones is 2. The molecule has 6 N–H and O–H groups in total. The van der Waals surface area contributed by atoms with E-state index < -0.39 is 58.0 Å². The molecule has 1 saturated heterocycles. The Hall–Kier alpha value is -3.41. The largest absolute Gasteiger partial charge is 0.508 e. The number of rotatable bonds is 6. The van der Waals surface area contributed by atoms with Crippen molar-refractivity contribution in [2.45, 2.75) is 57.2 Å². The second-order valence-corrected chi connectivity index (χ2v) is 12.4. The number of fused-ring (bicyclic) bond motifs is 3. The number of phenolic OH excluding ortho intramolecular Hbond substituents is 1. The van der Waals surface area contributed by atoms with Gasteiger partial charge in [-0.2, -0.15) is 0 Å². The Bertz CT molecular complexity index is 1400. The van der Waals surface area contributed by atoms with Gasteiger partial charge in [-0.3, -0.25) is 24.2 Å². The highest BCUT2D eigenvalue weighted by molar-refractivity contribution is 6.24. The van der Waals surface area contributed by atoms with Gasteiger partial charge >= 0.3 is 0 Å². The molecule has 11 heteroatoms. The molecule has 1 unspecified atom stereocenters. The van der Waals surface area contributed by atoms with Crippen LogP contribution in [0.15, 0.2) is 23.0 Å². The zero-order valence-electron chi connectivity index (χ0n) is 24.1. The minimum absolute atomic E-state index is 0.0116. The smallest absolute Gasteiger partial charge is 0.255 e. The number of likely N-dealkylation sites (N-methyl/N-ethyl adjacent to an activating group) is 1. The highest BCUT2D eigenvalue weighted by atomic mass is 16.5. The van der Waals surface area contributed by atoms with E-state index >= 15 is 0 Å². The molecule has 0 spiro atoms. The van der Waals surface area contributed by atoms with Crippen LogP contribution in [-0.4, -0.2) is 93.6 Å². The molecular formula is C30H39N3O8. The van der Waals surface area contributed by atoms with Gasteiger partial charge in [-0.15, -0.1) is 0 Å². The topological polar surface area (TPSA) is 174 Å². The van der Waals surface area contributed by atoms with Crippen LogP contribution >= 0.6 is 0 Å². The van der Waals surface area contributed by atoms with E-state index in [4.69, 9.17) is 10.5 Å². The maximum atomic E-state index is 14.0. The van der Waals surface area contributed by atoms with Gasteiger partial charge in [-0.1, -0.05) is 13.8 Å². The molecular weight excluding hydrogens is 530 g/mol. The van der Waals surface area contributed by atoms with E-state index in [0.29, 0.717) is 17.2 Å². The number of benzene rings is 1. The third-order valence-electron chi connectivity index (χ3n) is 9.23. The number of carbonyl (C=O) groups excluding carboxylic acids is 3. The molecule has 11 nitrogen and oxygen atoms in total. The molecule has 1 amide bonds. The lowest BCUT2D eigenvalue weighted by molar-refractivity contribution is -0.153. The molecule has 2 fully saturated rings. The van der Waals surface area contributed by atoms with Crippen LogP contribution < -0.4 is 10.5 Å². The van der Waals surface area contributed by atoms with Crippen molar-refractivity contribution in [1.29, 1.82) is 0 Å². The van der Waals surface area contributed by atoms with Gasteiger partial charge in [0.05, 0.1) is 18.7 Å². The summed E-state index contributed by atoms with van der Waals surface area (Å²) in [5.74, 6) is -5.72. The van der Waals surface area contributed by atoms with Crippen molar-refractivity contribution in [3.8, 4) is 11.5 Å². The van der Waals surface area contributed by atoms with Crippen molar-refractivity contribution in [3.63, 3.8) is 0 Å². The van der Waals surface area contributed by atoms with Crippen molar-refractivity contribution in [3.05, 3.63) is 39.7 Å². The number of aliphatic hydroxyl groups excluding tert-OH is 2. The van der Waals surface area contributed by atoms with Crippen molar-refractivity contribution in [2.24, 2.45) is 23.5 Å². The number of nitrogens with zero attached hydrogens (tertiary/aromatic N) is 2. The summed E-state index contributed by atoms with van der Waals surface area (Å²) in [5.41, 5.74) is 3.11. The third kappa shape index (κ3) is 4.16. The molecule has 5 atom stereocenters. The molecule has 222 valence electrons. The highest BCUT2D eigenvalue weighted by Gasteiger charge is 2.64. The normalized spacial score (nSPS) is 30.1. The molecule has 1 aromatic carbocycles. The number of aliphatic hydroxyl groups is 3. The van der Waals surface area contributed by atoms with Gasteiger partial charge in [0.2, 0.25) is 5.78 Å². The maximum absolute atomic E-state index is 14.0. The van der Waals surface area contributed by atoms with Crippen LogP contribution in [-0.2, 0) is 20.8 Å². The number of phenols is 1. The Labute approximate surface area is 238 Å². The van der Waals surface area contributed by atoms with E-state index in [1.54, 1.807) is 20.2 Å². The number of nitrogens with two attached hydrogens (primary N) is 1. The number of aromatic hydroxyl groups is 1. The number of ether oxygens (including phenoxy) is 1. The molecule has 1 heterocycles. The predicted molar refractivity (Wildman–Crippen MR) is 149 cm³/mol. The summed E-state index contributed by atoms with van der Waals surface area (Å²) >= 11 is 0. The SMILES string of the molecule is COc1c(C2CCCN2CC(C)C)cc(O)c2c1C[C@H]1C[C@H]3[C@H](N(C)C)C(=O)C(C(N)=O)=C(O)[C@@]3(O)C(=O)C1=C2O. The van der Waals surface area contributed by atoms with Gasteiger partial charge in [-0.05, 0) is 64.2 Å². The van der Waals surface area contributed by atoms with Crippen LogP contribution in [0.5, 0.6) is 11.5 Å². The second-order valence-electron chi connectivity index (χ2n) is 12.4. The predicted octanol–water partition coefficient (Wildman–Crippen LogP) is 1.77. The Kier molecular flexibility index (Phi) is 7.20. The number of amides is 1. The number of primary amides is 1. The quantitative estimate of drug-likeness (QED) is 0.318. The second kappa shape index (κ2) is 10.1. The lowest BCUT2D eigenvalue weighted by Crippen LogP contribution is -2.65. The van der Waals surface area contributed by atoms with Gasteiger partial charge in [0.15, 0.2) is 11.4 Å². The molecule has 0 radical (unpaired) electrons. The van der Waals surface area contributed by atoms with Crippen LogP contribution in [0.25, 0.3) is 5.76 Å². The van der Waals surface area contributed by atoms with Gasteiger partial charge in [0.25, 0.3) is 5.91 Å². The van der Waals surface area contributed by atoms with Crippen molar-refractivity contribution in [1.82, 2.24) is 9.80 Å². The molecule has 4 aliphatic rings. The Morgan fingerprint density at radius 3 is 2.51 bits per heavy atom. The van der Waals surface area contributed by atoms with E-state index in [-0.39, 0.29) is 35.8 Å². The number of hydrogen-bond acceptors (Lipinski definition) is 10. The van der Waals surface area contributed by atoms with Crippen molar-refractivity contribution >= 4 is 23.2 Å². The Morgan fingerprint density at radius 1 is 1.24 bits per heavy atom. The fraction of sp³-hybridized carbons (Fsp3) is 0.567. The van der Waals surface area contributed by atoms with Gasteiger partial charge in [-0.25, -0.2) is 0 Å². The van der Waals surface area contributed by atoms with Gasteiger partial charge in [0, 0.05) is 35.2 Å². The third-order valence-corrected chi connectivity index (χ3v) is 9.23. The number of methoxy groups -OCH3 is 1. The first-order valence-corrected chi connectivity index (χ1v) is 14.1. The van der Waals surface area contributed by atoms with Crippen LogP contribution in [0.2, 0.25) is 0 Å². The molecule has 0 aromatic heterocycles. The fourth-order valence-electron chi connectivity index (χ4n) is 7.67. The molecule has 1 aromatic rings. The van der Waals surface area contributed by atoms with E-state index in [1.165, 1.54) is 12.0 Å². The first kappa shape index (κ1) is 29.1. The summed E-state index contributed by atoms with van der Waals surface area (Å²) < 4.78 is 5.91. The molecule has 0 bridgehead atoms. The number of Topliss-reactive ketones (excluding diaryl/α,β-unsaturated/α-hetero) is 2. The fourth-order valence-corrected chi connectivity index (χ4v) is 7.67. The zero-order valence-corrected chi connectivity index (χ0v) is 24.1. The van der Waals surface area contributed by atoms with E-state index in [9.17, 15) is 34.8 Å². The number of likely N-dealkylation sites (tertiary alicyclic amines) is 1. The lowest BCUT2D eigenvalue weighted by Gasteiger charge is -2.50. The Morgan fingerprint density at radius 2 is 1.93 bits per heavy atom. The molecule has 1 aliphatic heterocycles. The van der Waals surface area contributed by atoms with Gasteiger partial charge < -0.3 is 30.9 Å². The van der Waals surface area contributed by atoms with Crippen LogP contribution in [0.3, 0.4) is 0 Å². The number of carbonyl (C=O) groups is 3. The summed E-state index contributed by atoms with van der Waals surface area (Å²) in [4.78, 5) is 43.3. The average Bonchev–Trinajstić information content (AvgIpc) is 3.32. The lowest BCUT2D eigenvalue weighted by atomic mass is 9.57. The van der Waals surface area contributed by atoms with Gasteiger partial charge in [0.1, 0.15) is 28.6 Å². The Balaban J connectivity index is 1.68. The standard InChI is InChI=1S/C30H39N3O8/c1-13(2)12-33-8-6-7-18(33)15-11-19(34)21-16(26(15)41-5)9-14-10-17-23(32(3)4)25(36)22(29(31)39)28(38)30(17,40)27(37)20(14)24(21)35/h11,13-14,17-18,23,34-35,38,40H,6-10,12H2,1-5H3,(H2,31,39)/t14-,17-,18?,23-,30-/m0/s1. The zero-order chi connectivity index (χ0) is 30.1. The molecule has 3 aliphatic carbocycles. The highest BCUT2D eigenvalue weighted by Crippen LogP contribution is 2.55. The number of hydrogen-bond donors (Lipinski definition) is 5. The summed E-state index contributed by atoms with van der Waals surface area (Å²) in [6.07, 6.45) is 2.10. The molecule has 1 saturated carbocycles. The van der Waals surface area contributed by atoms with Crippen molar-refractivity contribution < 1.29 is 39.5 Å². The minimum atomic E-state index is -2.66. The van der Waals surface area contributed by atoms with Crippen LogP contribution in [0, 0.1) is 17.8 Å². The average molecular weight is 570 g/mol. The summed E-state index contributed by atoms with van der Waals surface area (Å²) in [6.45, 7) is 6.10. The summed E-state index contributed by atoms with van der Waals surface area (Å²) in [6, 6.07) is 0.460. The molecule has 41 heavy (non-hydrogen) atoms. The first-order chi connectivity index (χ1) is 19.2.